The van der Waals surface area contributed by atoms with E-state index in [0.717, 1.165) is 16.8 Å². The number of aromatic amines is 1. The molecule has 4 atom stereocenters. The third-order valence-corrected chi connectivity index (χ3v) is 4.75. The molecule has 1 aromatic rings. The largest absolute Gasteiger partial charge is 0.375 e. The molecule has 1 aliphatic rings. The first-order valence-corrected chi connectivity index (χ1v) is 7.99. The molecule has 1 unspecified atom stereocenters. The van der Waals surface area contributed by atoms with Gasteiger partial charge in [0.25, 0.3) is 5.56 Å². The number of ether oxygens (including phenoxy) is 2. The smallest absolute Gasteiger partial charge is 0.330 e. The van der Waals surface area contributed by atoms with Crippen LogP contribution in [0.4, 0.5) is 4.39 Å². The van der Waals surface area contributed by atoms with E-state index in [1.165, 1.54) is 14.2 Å². The molecule has 0 saturated carbocycles. The molecule has 124 valence electrons. The number of alkyl halides is 1. The van der Waals surface area contributed by atoms with Crippen molar-refractivity contribution in [3.8, 4) is 0 Å². The predicted molar refractivity (Wildman–Crippen MR) is 73.8 cm³/mol. The van der Waals surface area contributed by atoms with E-state index in [1.807, 2.05) is 4.98 Å². The minimum absolute atomic E-state index is 0.517. The molecule has 1 fully saturated rings. The Bertz CT molecular complexity index is 745. The number of H-pyrrole nitrogens is 1. The minimum atomic E-state index is -3.66. The van der Waals surface area contributed by atoms with Gasteiger partial charge in [0.15, 0.2) is 12.4 Å². The molecule has 0 aromatic carbocycles. The van der Waals surface area contributed by atoms with Crippen molar-refractivity contribution in [1.82, 2.24) is 14.3 Å². The topological polar surface area (TPSA) is 119 Å². The van der Waals surface area contributed by atoms with Gasteiger partial charge in [0.1, 0.15) is 12.2 Å². The zero-order valence-corrected chi connectivity index (χ0v) is 12.7. The first-order valence-electron chi connectivity index (χ1n) is 6.34. The van der Waals surface area contributed by atoms with Crippen molar-refractivity contribution < 1.29 is 22.3 Å². The Morgan fingerprint density at radius 1 is 1.50 bits per heavy atom. The zero-order valence-electron chi connectivity index (χ0n) is 11.9. The molecule has 11 heteroatoms. The van der Waals surface area contributed by atoms with Gasteiger partial charge in [0, 0.05) is 19.4 Å². The highest BCUT2D eigenvalue weighted by Crippen LogP contribution is 2.33. The third-order valence-electron chi connectivity index (χ3n) is 3.36. The molecule has 22 heavy (non-hydrogen) atoms. The van der Waals surface area contributed by atoms with Crippen molar-refractivity contribution in [2.24, 2.45) is 0 Å². The van der Waals surface area contributed by atoms with E-state index in [1.54, 1.807) is 0 Å². The van der Waals surface area contributed by atoms with Crippen LogP contribution in [0.2, 0.25) is 0 Å². The SMILES string of the molecule is CNS(=O)(=O)CC1O[C@@H](n2ccc(=O)[nH]c2=O)[C@H](F)[C@@H]1OC. The van der Waals surface area contributed by atoms with E-state index in [0.29, 0.717) is 0 Å². The van der Waals surface area contributed by atoms with Gasteiger partial charge in [-0.3, -0.25) is 14.3 Å². The summed E-state index contributed by atoms with van der Waals surface area (Å²) in [6, 6.07) is 1.04. The van der Waals surface area contributed by atoms with E-state index in [9.17, 15) is 22.4 Å². The van der Waals surface area contributed by atoms with Gasteiger partial charge in [-0.2, -0.15) is 0 Å². The van der Waals surface area contributed by atoms with Crippen LogP contribution in [0, 0.1) is 0 Å². The second-order valence-corrected chi connectivity index (χ2v) is 6.68. The first-order chi connectivity index (χ1) is 10.3. The molecule has 2 rings (SSSR count). The van der Waals surface area contributed by atoms with Crippen LogP contribution in [-0.4, -0.2) is 56.3 Å². The molecule has 0 bridgehead atoms. The molecule has 9 nitrogen and oxygen atoms in total. The van der Waals surface area contributed by atoms with Crippen molar-refractivity contribution in [2.75, 3.05) is 19.9 Å². The second kappa shape index (κ2) is 6.28. The normalized spacial score (nSPS) is 28.9. The molecule has 0 amide bonds. The number of rotatable bonds is 5. The summed E-state index contributed by atoms with van der Waals surface area (Å²) >= 11 is 0. The van der Waals surface area contributed by atoms with E-state index in [-0.39, 0.29) is 0 Å². The molecule has 1 saturated heterocycles. The van der Waals surface area contributed by atoms with E-state index >= 15 is 0 Å². The quantitative estimate of drug-likeness (QED) is 0.663. The fraction of sp³-hybridized carbons (Fsp3) is 0.636. The van der Waals surface area contributed by atoms with Gasteiger partial charge in [-0.25, -0.2) is 22.3 Å². The lowest BCUT2D eigenvalue weighted by molar-refractivity contribution is -0.0202. The zero-order chi connectivity index (χ0) is 16.5. The predicted octanol–water partition coefficient (Wildman–Crippen LogP) is -1.66. The molecule has 1 aliphatic heterocycles. The number of aromatic nitrogens is 2. The van der Waals surface area contributed by atoms with Crippen molar-refractivity contribution in [2.45, 2.75) is 24.6 Å². The molecular formula is C11H16FN3O6S. The van der Waals surface area contributed by atoms with Crippen molar-refractivity contribution in [3.05, 3.63) is 33.1 Å². The van der Waals surface area contributed by atoms with Crippen LogP contribution in [0.25, 0.3) is 0 Å². The van der Waals surface area contributed by atoms with Crippen LogP contribution in [-0.2, 0) is 19.5 Å². The number of hydrogen-bond donors (Lipinski definition) is 2. The van der Waals surface area contributed by atoms with Gasteiger partial charge in [0.05, 0.1) is 5.75 Å². The number of methoxy groups -OCH3 is 1. The monoisotopic (exact) mass is 337 g/mol. The van der Waals surface area contributed by atoms with E-state index in [4.69, 9.17) is 9.47 Å². The van der Waals surface area contributed by atoms with E-state index in [2.05, 4.69) is 4.72 Å². The van der Waals surface area contributed by atoms with Gasteiger partial charge >= 0.3 is 5.69 Å². The van der Waals surface area contributed by atoms with Crippen molar-refractivity contribution in [1.29, 1.82) is 0 Å². The molecule has 0 spiro atoms. The average molecular weight is 337 g/mol. The lowest BCUT2D eigenvalue weighted by Gasteiger charge is -2.16. The maximum atomic E-state index is 14.4. The Labute approximate surface area is 125 Å². The van der Waals surface area contributed by atoms with Crippen LogP contribution in [0.1, 0.15) is 6.23 Å². The average Bonchev–Trinajstić information content (AvgIpc) is 2.74. The Hall–Kier alpha value is -1.56. The fourth-order valence-electron chi connectivity index (χ4n) is 2.26. The molecular weight excluding hydrogens is 321 g/mol. The molecule has 0 radical (unpaired) electrons. The number of hydrogen-bond acceptors (Lipinski definition) is 6. The maximum absolute atomic E-state index is 14.4. The number of nitrogens with one attached hydrogen (secondary N) is 2. The van der Waals surface area contributed by atoms with E-state index < -0.39 is 51.6 Å². The van der Waals surface area contributed by atoms with Gasteiger partial charge < -0.3 is 9.47 Å². The second-order valence-electron chi connectivity index (χ2n) is 4.71. The summed E-state index contributed by atoms with van der Waals surface area (Å²) in [6.45, 7) is 0. The third kappa shape index (κ3) is 3.27. The maximum Gasteiger partial charge on any atom is 0.330 e. The molecule has 2 N–H and O–H groups in total. The summed E-state index contributed by atoms with van der Waals surface area (Å²) in [5.41, 5.74) is -1.49. The van der Waals surface area contributed by atoms with Gasteiger partial charge in [0.2, 0.25) is 10.0 Å². The Kier molecular flexibility index (Phi) is 4.80. The lowest BCUT2D eigenvalue weighted by Crippen LogP contribution is -2.38. The van der Waals surface area contributed by atoms with Crippen LogP contribution in [0.3, 0.4) is 0 Å². The Morgan fingerprint density at radius 2 is 2.18 bits per heavy atom. The highest BCUT2D eigenvalue weighted by molar-refractivity contribution is 7.89. The number of sulfonamides is 1. The molecule has 1 aromatic heterocycles. The highest BCUT2D eigenvalue weighted by Gasteiger charge is 2.48. The van der Waals surface area contributed by atoms with Crippen LogP contribution < -0.4 is 16.0 Å². The van der Waals surface area contributed by atoms with Gasteiger partial charge in [-0.1, -0.05) is 0 Å². The van der Waals surface area contributed by atoms with Crippen LogP contribution >= 0.6 is 0 Å². The summed E-state index contributed by atoms with van der Waals surface area (Å²) in [5.74, 6) is -0.517. The summed E-state index contributed by atoms with van der Waals surface area (Å²) < 4.78 is 50.9. The number of halogens is 1. The summed E-state index contributed by atoms with van der Waals surface area (Å²) in [4.78, 5) is 24.7. The highest BCUT2D eigenvalue weighted by atomic mass is 32.2. The van der Waals surface area contributed by atoms with Crippen LogP contribution in [0.5, 0.6) is 0 Å². The lowest BCUT2D eigenvalue weighted by atomic mass is 10.1. The van der Waals surface area contributed by atoms with Gasteiger partial charge in [-0.05, 0) is 7.05 Å². The van der Waals surface area contributed by atoms with Crippen molar-refractivity contribution in [3.63, 3.8) is 0 Å². The molecule has 0 aliphatic carbocycles. The van der Waals surface area contributed by atoms with Crippen LogP contribution in [0.15, 0.2) is 21.9 Å². The summed E-state index contributed by atoms with van der Waals surface area (Å²) in [5, 5.41) is 0. The van der Waals surface area contributed by atoms with Crippen molar-refractivity contribution >= 4 is 10.0 Å². The Morgan fingerprint density at radius 3 is 2.73 bits per heavy atom. The standard InChI is InChI=1S/C11H16FN3O6S/c1-13-22(18,19)5-6-9(20-2)8(12)10(21-6)15-4-3-7(16)14-11(15)17/h3-4,6,8-10,13H,5H2,1-2H3,(H,14,16,17)/t6?,8-,9-,10-/m1/s1. The summed E-state index contributed by atoms with van der Waals surface area (Å²) in [6.07, 6.45) is -4.33. The minimum Gasteiger partial charge on any atom is -0.375 e. The Balaban J connectivity index is 2.32. The number of nitrogens with zero attached hydrogens (tertiary/aromatic N) is 1. The van der Waals surface area contributed by atoms with Gasteiger partial charge in [-0.15, -0.1) is 0 Å². The molecule has 2 heterocycles. The fourth-order valence-corrected chi connectivity index (χ4v) is 3.13. The first kappa shape index (κ1) is 16.8. The summed E-state index contributed by atoms with van der Waals surface area (Å²) in [7, 11) is -1.21.